The fourth-order valence-electron chi connectivity index (χ4n) is 2.56. The highest BCUT2D eigenvalue weighted by Crippen LogP contribution is 2.38. The summed E-state index contributed by atoms with van der Waals surface area (Å²) in [7, 11) is 0. The summed E-state index contributed by atoms with van der Waals surface area (Å²) < 4.78 is 50.0. The van der Waals surface area contributed by atoms with E-state index in [0.29, 0.717) is 13.0 Å². The lowest BCUT2D eigenvalue weighted by atomic mass is 9.86. The highest BCUT2D eigenvalue weighted by molar-refractivity contribution is 5.84. The van der Waals surface area contributed by atoms with Crippen molar-refractivity contribution in [3.05, 3.63) is 0 Å². The summed E-state index contributed by atoms with van der Waals surface area (Å²) in [6.07, 6.45) is -2.53. The molecule has 1 atom stereocenters. The quantitative estimate of drug-likeness (QED) is 0.748. The van der Waals surface area contributed by atoms with E-state index in [4.69, 9.17) is 0 Å². The number of amides is 1. The summed E-state index contributed by atoms with van der Waals surface area (Å²) in [6.45, 7) is 1.74. The maximum absolute atomic E-state index is 12.9. The fraction of sp³-hybridized carbons (Fsp3) is 0.900. The molecule has 7 heteroatoms. The zero-order chi connectivity index (χ0) is 12.7. The Balaban J connectivity index is 2.03. The van der Waals surface area contributed by atoms with Crippen molar-refractivity contribution >= 4 is 5.91 Å². The summed E-state index contributed by atoms with van der Waals surface area (Å²) in [4.78, 5) is 12.2. The zero-order valence-corrected chi connectivity index (χ0v) is 9.19. The molecule has 0 radical (unpaired) electrons. The Morgan fingerprint density at radius 3 is 2.59 bits per heavy atom. The maximum Gasteiger partial charge on any atom is 0.383 e. The number of alkyl halides is 4. The third-order valence-electron chi connectivity index (χ3n) is 3.62. The van der Waals surface area contributed by atoms with Gasteiger partial charge in [-0.2, -0.15) is 8.78 Å². The molecule has 98 valence electrons. The number of halogens is 4. The van der Waals surface area contributed by atoms with Crippen molar-refractivity contribution in [1.82, 2.24) is 10.2 Å². The molecule has 0 bridgehead atoms. The molecule has 0 aromatic carbocycles. The van der Waals surface area contributed by atoms with Crippen molar-refractivity contribution in [2.75, 3.05) is 26.2 Å². The molecule has 1 spiro atoms. The average Bonchev–Trinajstić information content (AvgIpc) is 2.88. The molecule has 0 aliphatic carbocycles. The summed E-state index contributed by atoms with van der Waals surface area (Å²) >= 11 is 0. The van der Waals surface area contributed by atoms with E-state index in [2.05, 4.69) is 5.32 Å². The molecule has 2 heterocycles. The molecule has 1 N–H and O–H groups in total. The van der Waals surface area contributed by atoms with E-state index in [-0.39, 0.29) is 18.5 Å². The second-order valence-electron chi connectivity index (χ2n) is 4.83. The highest BCUT2D eigenvalue weighted by Gasteiger charge is 2.54. The SMILES string of the molecule is O=C(N1CCC2(CCNC2)C1)C(F)(F)C(F)F. The summed E-state index contributed by atoms with van der Waals surface area (Å²) in [5.41, 5.74) is -0.187. The molecule has 1 amide bonds. The topological polar surface area (TPSA) is 32.3 Å². The van der Waals surface area contributed by atoms with E-state index >= 15 is 0 Å². The Morgan fingerprint density at radius 1 is 1.35 bits per heavy atom. The van der Waals surface area contributed by atoms with Gasteiger partial charge in [-0.15, -0.1) is 0 Å². The number of carbonyl (C=O) groups is 1. The van der Waals surface area contributed by atoms with Crippen LogP contribution >= 0.6 is 0 Å². The number of hydrogen-bond acceptors (Lipinski definition) is 2. The monoisotopic (exact) mass is 254 g/mol. The van der Waals surface area contributed by atoms with Crippen LogP contribution < -0.4 is 5.32 Å². The number of likely N-dealkylation sites (tertiary alicyclic amines) is 1. The van der Waals surface area contributed by atoms with Gasteiger partial charge >= 0.3 is 12.3 Å². The molecule has 0 saturated carbocycles. The third-order valence-corrected chi connectivity index (χ3v) is 3.62. The van der Waals surface area contributed by atoms with Crippen molar-refractivity contribution in [1.29, 1.82) is 0 Å². The van der Waals surface area contributed by atoms with Crippen LogP contribution in [0.5, 0.6) is 0 Å². The minimum atomic E-state index is -4.56. The van der Waals surface area contributed by atoms with Crippen molar-refractivity contribution in [2.45, 2.75) is 25.2 Å². The first-order valence-corrected chi connectivity index (χ1v) is 5.53. The first-order chi connectivity index (χ1) is 7.87. The van der Waals surface area contributed by atoms with Crippen molar-refractivity contribution in [3.63, 3.8) is 0 Å². The van der Waals surface area contributed by atoms with Gasteiger partial charge in [0.15, 0.2) is 0 Å². The molecule has 0 aromatic rings. The van der Waals surface area contributed by atoms with Gasteiger partial charge in [-0.25, -0.2) is 8.78 Å². The lowest BCUT2D eigenvalue weighted by Crippen LogP contribution is -2.47. The number of nitrogens with one attached hydrogen (secondary N) is 1. The maximum atomic E-state index is 12.9. The van der Waals surface area contributed by atoms with Gasteiger partial charge in [0, 0.05) is 25.0 Å². The van der Waals surface area contributed by atoms with Crippen LogP contribution in [0, 0.1) is 5.41 Å². The minimum absolute atomic E-state index is 0.142. The molecule has 2 rings (SSSR count). The smallest absolute Gasteiger partial charge is 0.337 e. The first-order valence-electron chi connectivity index (χ1n) is 5.53. The number of rotatable bonds is 2. The Kier molecular flexibility index (Phi) is 3.05. The van der Waals surface area contributed by atoms with Crippen molar-refractivity contribution in [3.8, 4) is 0 Å². The second kappa shape index (κ2) is 4.12. The van der Waals surface area contributed by atoms with E-state index in [1.54, 1.807) is 0 Å². The molecule has 2 saturated heterocycles. The normalized spacial score (nSPS) is 29.6. The number of carbonyl (C=O) groups excluding carboxylic acids is 1. The van der Waals surface area contributed by atoms with E-state index in [1.165, 1.54) is 0 Å². The summed E-state index contributed by atoms with van der Waals surface area (Å²) in [6, 6.07) is 0. The van der Waals surface area contributed by atoms with Gasteiger partial charge in [0.1, 0.15) is 0 Å². The Hall–Kier alpha value is -0.850. The number of nitrogens with zero attached hydrogens (tertiary/aromatic N) is 1. The molecule has 3 nitrogen and oxygen atoms in total. The molecule has 2 aliphatic rings. The third kappa shape index (κ3) is 2.12. The predicted octanol–water partition coefficient (Wildman–Crippen LogP) is 1.10. The Bertz CT molecular complexity index is 315. The van der Waals surface area contributed by atoms with E-state index in [9.17, 15) is 22.4 Å². The fourth-order valence-corrected chi connectivity index (χ4v) is 2.56. The van der Waals surface area contributed by atoms with Gasteiger partial charge in [-0.05, 0) is 19.4 Å². The van der Waals surface area contributed by atoms with Crippen LogP contribution in [0.1, 0.15) is 12.8 Å². The Morgan fingerprint density at radius 2 is 2.06 bits per heavy atom. The van der Waals surface area contributed by atoms with Gasteiger partial charge in [-0.1, -0.05) is 0 Å². The number of hydrogen-bond donors (Lipinski definition) is 1. The van der Waals surface area contributed by atoms with Gasteiger partial charge in [0.25, 0.3) is 5.91 Å². The second-order valence-corrected chi connectivity index (χ2v) is 4.83. The van der Waals surface area contributed by atoms with Crippen LogP contribution in [0.2, 0.25) is 0 Å². The molecule has 2 aliphatic heterocycles. The molecule has 1 unspecified atom stereocenters. The van der Waals surface area contributed by atoms with Crippen LogP contribution in [-0.4, -0.2) is 49.3 Å². The van der Waals surface area contributed by atoms with Crippen molar-refractivity contribution in [2.24, 2.45) is 5.41 Å². The van der Waals surface area contributed by atoms with E-state index in [1.807, 2.05) is 0 Å². The van der Waals surface area contributed by atoms with Crippen LogP contribution in [0.3, 0.4) is 0 Å². The van der Waals surface area contributed by atoms with Crippen LogP contribution in [0.15, 0.2) is 0 Å². The van der Waals surface area contributed by atoms with Crippen LogP contribution in [0.4, 0.5) is 17.6 Å². The van der Waals surface area contributed by atoms with Gasteiger partial charge < -0.3 is 10.2 Å². The van der Waals surface area contributed by atoms with E-state index < -0.39 is 18.3 Å². The molecule has 0 aromatic heterocycles. The van der Waals surface area contributed by atoms with Crippen LogP contribution in [0.25, 0.3) is 0 Å². The average molecular weight is 254 g/mol. The molecule has 17 heavy (non-hydrogen) atoms. The zero-order valence-electron chi connectivity index (χ0n) is 9.19. The van der Waals surface area contributed by atoms with Gasteiger partial charge in [0.05, 0.1) is 0 Å². The van der Waals surface area contributed by atoms with Crippen molar-refractivity contribution < 1.29 is 22.4 Å². The largest absolute Gasteiger partial charge is 0.383 e. The molecular weight excluding hydrogens is 240 g/mol. The van der Waals surface area contributed by atoms with Crippen LogP contribution in [-0.2, 0) is 4.79 Å². The first kappa shape index (κ1) is 12.6. The minimum Gasteiger partial charge on any atom is -0.337 e. The molecular formula is C10H14F4N2O. The predicted molar refractivity (Wildman–Crippen MR) is 52.1 cm³/mol. The van der Waals surface area contributed by atoms with Gasteiger partial charge in [-0.3, -0.25) is 4.79 Å². The van der Waals surface area contributed by atoms with E-state index in [0.717, 1.165) is 17.9 Å². The van der Waals surface area contributed by atoms with Gasteiger partial charge in [0.2, 0.25) is 0 Å². The lowest BCUT2D eigenvalue weighted by molar-refractivity contribution is -0.179. The summed E-state index contributed by atoms with van der Waals surface area (Å²) in [5.74, 6) is -6.30. The molecule has 2 fully saturated rings. The lowest BCUT2D eigenvalue weighted by Gasteiger charge is -2.25. The highest BCUT2D eigenvalue weighted by atomic mass is 19.3. The summed E-state index contributed by atoms with van der Waals surface area (Å²) in [5, 5.41) is 3.10. The Labute approximate surface area is 96.1 Å². The standard InChI is InChI=1S/C10H14F4N2O/c11-7(12)10(13,14)8(17)16-4-2-9(6-16)1-3-15-5-9/h7,15H,1-6H2.